The number of benzene rings is 2. The predicted molar refractivity (Wildman–Crippen MR) is 129 cm³/mol. The zero-order valence-electron chi connectivity index (χ0n) is 19.1. The number of nitrogens with one attached hydrogen (secondary N) is 3. The van der Waals surface area contributed by atoms with Crippen LogP contribution in [0.3, 0.4) is 0 Å². The first-order chi connectivity index (χ1) is 18.1. The molecule has 0 aliphatic carbocycles. The molecule has 3 N–H and O–H groups in total. The molecule has 0 spiro atoms. The normalized spacial score (nSPS) is 12.3. The molecule has 38 heavy (non-hydrogen) atoms. The van der Waals surface area contributed by atoms with Crippen LogP contribution in [0.25, 0.3) is 0 Å². The average Bonchev–Trinajstić information content (AvgIpc) is 3.31. The van der Waals surface area contributed by atoms with Crippen molar-refractivity contribution in [3.63, 3.8) is 0 Å². The maximum Gasteiger partial charge on any atom is 0.355 e. The summed E-state index contributed by atoms with van der Waals surface area (Å²) in [5.41, 5.74) is -2.96. The molecule has 0 bridgehead atoms. The van der Waals surface area contributed by atoms with Gasteiger partial charge in [0.05, 0.1) is 36.0 Å². The van der Waals surface area contributed by atoms with E-state index in [-0.39, 0.29) is 27.8 Å². The Morgan fingerprint density at radius 1 is 1.03 bits per heavy atom. The van der Waals surface area contributed by atoms with Crippen molar-refractivity contribution < 1.29 is 17.9 Å². The minimum absolute atomic E-state index is 0.140. The minimum atomic E-state index is -1.69. The standard InChI is InChI=1S/C23H16ClF3N6O5/c24-13-6-17-11(1-2-38-17)5-16(13)29-20-31-22(36)33(9-12-7-28-21(35)30-19(12)34)23(37)32(20)8-10-3-14(25)18(27)15(26)4-10/h3-7H,1-2,8-9H2,(H,29,31,36)(H2,28,30,34,35). The highest BCUT2D eigenvalue weighted by atomic mass is 35.5. The van der Waals surface area contributed by atoms with Crippen LogP contribution in [0.15, 0.2) is 49.6 Å². The Morgan fingerprint density at radius 2 is 1.76 bits per heavy atom. The predicted octanol–water partition coefficient (Wildman–Crippen LogP) is 1.63. The molecule has 15 heteroatoms. The van der Waals surface area contributed by atoms with E-state index in [4.69, 9.17) is 16.3 Å². The lowest BCUT2D eigenvalue weighted by molar-refractivity contribution is 0.357. The number of halogens is 4. The fourth-order valence-corrected chi connectivity index (χ4v) is 4.13. The van der Waals surface area contributed by atoms with Crippen LogP contribution in [-0.2, 0) is 19.5 Å². The fraction of sp³-hybridized carbons (Fsp3) is 0.174. The second-order valence-electron chi connectivity index (χ2n) is 8.31. The number of rotatable bonds is 6. The third-order valence-corrected chi connectivity index (χ3v) is 6.10. The van der Waals surface area contributed by atoms with Gasteiger partial charge in [-0.05, 0) is 29.3 Å². The van der Waals surface area contributed by atoms with Crippen LogP contribution in [0.5, 0.6) is 5.75 Å². The molecule has 11 nitrogen and oxygen atoms in total. The van der Waals surface area contributed by atoms with E-state index in [2.05, 4.69) is 15.3 Å². The summed E-state index contributed by atoms with van der Waals surface area (Å²) >= 11 is 6.33. The number of ether oxygens (including phenoxy) is 1. The van der Waals surface area contributed by atoms with E-state index in [0.717, 1.165) is 16.3 Å². The van der Waals surface area contributed by atoms with E-state index in [1.54, 1.807) is 12.1 Å². The first kappa shape index (κ1) is 25.1. The molecule has 2 aromatic carbocycles. The lowest BCUT2D eigenvalue weighted by Crippen LogP contribution is -2.44. The van der Waals surface area contributed by atoms with Gasteiger partial charge < -0.3 is 15.0 Å². The maximum absolute atomic E-state index is 13.9. The van der Waals surface area contributed by atoms with Crippen LogP contribution in [0.2, 0.25) is 5.02 Å². The molecular weight excluding hydrogens is 533 g/mol. The first-order valence-corrected chi connectivity index (χ1v) is 11.4. The minimum Gasteiger partial charge on any atom is -0.493 e. The second-order valence-corrected chi connectivity index (χ2v) is 8.71. The summed E-state index contributed by atoms with van der Waals surface area (Å²) in [6, 6.07) is 4.57. The van der Waals surface area contributed by atoms with Gasteiger partial charge in [-0.1, -0.05) is 11.6 Å². The highest BCUT2D eigenvalue weighted by Gasteiger charge is 2.20. The highest BCUT2D eigenvalue weighted by Crippen LogP contribution is 2.35. The van der Waals surface area contributed by atoms with Gasteiger partial charge in [-0.25, -0.2) is 32.1 Å². The van der Waals surface area contributed by atoms with Gasteiger partial charge in [-0.15, -0.1) is 0 Å². The molecule has 0 radical (unpaired) electrons. The average molecular weight is 549 g/mol. The Kier molecular flexibility index (Phi) is 6.40. The number of fused-ring (bicyclic) bond motifs is 1. The van der Waals surface area contributed by atoms with E-state index in [1.807, 2.05) is 4.98 Å². The van der Waals surface area contributed by atoms with Crippen LogP contribution in [0, 0.1) is 17.5 Å². The second kappa shape index (κ2) is 9.70. The van der Waals surface area contributed by atoms with Crippen LogP contribution in [-0.4, -0.2) is 30.7 Å². The highest BCUT2D eigenvalue weighted by molar-refractivity contribution is 6.33. The van der Waals surface area contributed by atoms with Crippen molar-refractivity contribution in [3.8, 4) is 5.75 Å². The lowest BCUT2D eigenvalue weighted by atomic mass is 10.1. The summed E-state index contributed by atoms with van der Waals surface area (Å²) in [5.74, 6) is -4.41. The van der Waals surface area contributed by atoms with E-state index < -0.39 is 53.2 Å². The maximum atomic E-state index is 13.9. The molecule has 0 fully saturated rings. The number of aromatic amines is 2. The molecule has 196 valence electrons. The molecule has 1 aliphatic rings. The number of hydrogen-bond donors (Lipinski definition) is 3. The largest absolute Gasteiger partial charge is 0.493 e. The molecule has 5 rings (SSSR count). The van der Waals surface area contributed by atoms with Crippen molar-refractivity contribution >= 4 is 23.2 Å². The van der Waals surface area contributed by atoms with Crippen LogP contribution >= 0.6 is 11.6 Å². The molecule has 2 aromatic heterocycles. The molecule has 0 saturated carbocycles. The Morgan fingerprint density at radius 3 is 2.47 bits per heavy atom. The van der Waals surface area contributed by atoms with Crippen LogP contribution in [0.1, 0.15) is 16.7 Å². The molecule has 4 aromatic rings. The Hall–Kier alpha value is -4.59. The van der Waals surface area contributed by atoms with Gasteiger partial charge in [-0.3, -0.25) is 14.3 Å². The monoisotopic (exact) mass is 548 g/mol. The molecule has 0 saturated heterocycles. The van der Waals surface area contributed by atoms with E-state index in [1.165, 1.54) is 0 Å². The summed E-state index contributed by atoms with van der Waals surface area (Å²) < 4.78 is 48.2. The van der Waals surface area contributed by atoms with E-state index in [9.17, 15) is 32.3 Å². The molecule has 0 amide bonds. The zero-order chi connectivity index (χ0) is 27.1. The summed E-state index contributed by atoms with van der Waals surface area (Å²) in [6.45, 7) is -0.684. The Bertz CT molecular complexity index is 1810. The summed E-state index contributed by atoms with van der Waals surface area (Å²) in [7, 11) is 0. The fourth-order valence-electron chi connectivity index (χ4n) is 3.93. The van der Waals surface area contributed by atoms with Gasteiger partial charge in [0.2, 0.25) is 5.95 Å². The topological polar surface area (TPSA) is 144 Å². The number of anilines is 2. The van der Waals surface area contributed by atoms with Crippen LogP contribution < -0.4 is 32.7 Å². The molecule has 3 heterocycles. The number of nitrogens with zero attached hydrogens (tertiary/aromatic N) is 3. The van der Waals surface area contributed by atoms with Gasteiger partial charge in [0.25, 0.3) is 5.56 Å². The Labute approximate surface area is 214 Å². The van der Waals surface area contributed by atoms with Gasteiger partial charge in [-0.2, -0.15) is 4.98 Å². The quantitative estimate of drug-likeness (QED) is 0.311. The number of H-pyrrole nitrogens is 2. The molecule has 0 atom stereocenters. The van der Waals surface area contributed by atoms with Gasteiger partial charge in [0.1, 0.15) is 5.75 Å². The SMILES string of the molecule is O=c1[nH]cc(Cn2c(=O)nc(Nc3cc4c(cc3Cl)OCC4)n(Cc3cc(F)c(F)c(F)c3)c2=O)c(=O)[nH]1. The van der Waals surface area contributed by atoms with Crippen molar-refractivity contribution in [1.82, 2.24) is 24.1 Å². The smallest absolute Gasteiger partial charge is 0.355 e. The van der Waals surface area contributed by atoms with Crippen molar-refractivity contribution in [2.45, 2.75) is 19.5 Å². The molecule has 0 unspecified atom stereocenters. The lowest BCUT2D eigenvalue weighted by Gasteiger charge is -2.17. The molecular formula is C23H16ClF3N6O5. The van der Waals surface area contributed by atoms with Gasteiger partial charge in [0.15, 0.2) is 17.5 Å². The van der Waals surface area contributed by atoms with E-state index >= 15 is 0 Å². The zero-order valence-corrected chi connectivity index (χ0v) is 19.9. The van der Waals surface area contributed by atoms with Gasteiger partial charge in [0, 0.05) is 18.7 Å². The Balaban J connectivity index is 1.64. The first-order valence-electron chi connectivity index (χ1n) is 11.0. The molecule has 1 aliphatic heterocycles. The van der Waals surface area contributed by atoms with Gasteiger partial charge >= 0.3 is 17.1 Å². The summed E-state index contributed by atoms with van der Waals surface area (Å²) in [4.78, 5) is 57.8. The third kappa shape index (κ3) is 4.72. The van der Waals surface area contributed by atoms with Crippen molar-refractivity contribution in [2.24, 2.45) is 0 Å². The van der Waals surface area contributed by atoms with Crippen LogP contribution in [0.4, 0.5) is 24.8 Å². The van der Waals surface area contributed by atoms with Crippen molar-refractivity contribution in [3.05, 3.63) is 111 Å². The third-order valence-electron chi connectivity index (χ3n) is 5.78. The van der Waals surface area contributed by atoms with Crippen molar-refractivity contribution in [1.29, 1.82) is 0 Å². The van der Waals surface area contributed by atoms with E-state index in [0.29, 0.717) is 35.5 Å². The summed E-state index contributed by atoms with van der Waals surface area (Å²) in [5, 5.41) is 2.97. The number of aromatic nitrogens is 5. The summed E-state index contributed by atoms with van der Waals surface area (Å²) in [6.07, 6.45) is 1.62. The number of hydrogen-bond acceptors (Lipinski definition) is 7. The van der Waals surface area contributed by atoms with Crippen molar-refractivity contribution in [2.75, 3.05) is 11.9 Å².